The van der Waals surface area contributed by atoms with Crippen LogP contribution in [0.5, 0.6) is 0 Å². The van der Waals surface area contributed by atoms with Crippen LogP contribution in [-0.2, 0) is 9.53 Å². The second-order valence-corrected chi connectivity index (χ2v) is 1.56. The predicted molar refractivity (Wildman–Crippen MR) is 39.6 cm³/mol. The molecule has 0 N–H and O–H groups in total. The van der Waals surface area contributed by atoms with Crippen molar-refractivity contribution in [3.05, 3.63) is 24.6 Å². The highest BCUT2D eigenvalue weighted by atomic mass is 16.5. The van der Waals surface area contributed by atoms with Gasteiger partial charge in [0.15, 0.2) is 0 Å². The molecule has 0 heterocycles. The van der Waals surface area contributed by atoms with Crippen molar-refractivity contribution in [3.8, 4) is 0 Å². The van der Waals surface area contributed by atoms with Crippen LogP contribution < -0.4 is 0 Å². The lowest BCUT2D eigenvalue weighted by Crippen LogP contribution is -1.94. The molecule has 0 unspecified atom stereocenters. The van der Waals surface area contributed by atoms with Crippen molar-refractivity contribution in [1.82, 2.24) is 0 Å². The van der Waals surface area contributed by atoms with Crippen molar-refractivity contribution in [2.75, 3.05) is 0 Å². The summed E-state index contributed by atoms with van der Waals surface area (Å²) in [5, 5.41) is 0. The maximum atomic E-state index is 10.3. The smallest absolute Gasteiger partial charge is 0.308 e. The number of carbonyl (C=O) groups is 1. The van der Waals surface area contributed by atoms with Gasteiger partial charge in [-0.3, -0.25) is 9.79 Å². The minimum absolute atomic E-state index is 0.264. The molecule has 54 valence electrons. The Bertz CT molecular complexity index is 182. The van der Waals surface area contributed by atoms with Crippen molar-refractivity contribution in [2.24, 2.45) is 4.99 Å². The highest BCUT2D eigenvalue weighted by molar-refractivity contribution is 5.67. The maximum absolute atomic E-state index is 10.3. The molecule has 0 aromatic carbocycles. The lowest BCUT2D eigenvalue weighted by atomic mass is 10.5. The van der Waals surface area contributed by atoms with E-state index >= 15 is 0 Å². The number of hydrogen-bond donors (Lipinski definition) is 0. The number of allylic oxidation sites excluding steroid dienone is 1. The Morgan fingerprint density at radius 2 is 2.30 bits per heavy atom. The Morgan fingerprint density at radius 3 is 2.70 bits per heavy atom. The van der Waals surface area contributed by atoms with Crippen LogP contribution in [0.4, 0.5) is 0 Å². The average molecular weight is 139 g/mol. The topological polar surface area (TPSA) is 38.7 Å². The third-order valence-corrected chi connectivity index (χ3v) is 0.641. The van der Waals surface area contributed by atoms with Gasteiger partial charge in [0, 0.05) is 13.1 Å². The van der Waals surface area contributed by atoms with E-state index in [1.54, 1.807) is 0 Å². The van der Waals surface area contributed by atoms with Crippen LogP contribution in [0.25, 0.3) is 0 Å². The van der Waals surface area contributed by atoms with E-state index in [-0.39, 0.29) is 5.76 Å². The molecule has 0 spiro atoms. The van der Waals surface area contributed by atoms with Crippen LogP contribution in [-0.4, -0.2) is 12.7 Å². The zero-order chi connectivity index (χ0) is 7.98. The van der Waals surface area contributed by atoms with Gasteiger partial charge in [0.05, 0.1) is 0 Å². The van der Waals surface area contributed by atoms with Gasteiger partial charge < -0.3 is 4.74 Å². The number of aliphatic imine (C=N–C) groups is 1. The average Bonchev–Trinajstić information content (AvgIpc) is 1.82. The second-order valence-electron chi connectivity index (χ2n) is 1.56. The minimum Gasteiger partial charge on any atom is -0.427 e. The third-order valence-electron chi connectivity index (χ3n) is 0.641. The van der Waals surface area contributed by atoms with Gasteiger partial charge in [0.25, 0.3) is 0 Å². The monoisotopic (exact) mass is 139 g/mol. The molecule has 3 nitrogen and oxygen atoms in total. The van der Waals surface area contributed by atoms with Gasteiger partial charge in [0.1, 0.15) is 5.76 Å². The summed E-state index contributed by atoms with van der Waals surface area (Å²) in [6.45, 7) is 7.91. The first-order valence-corrected chi connectivity index (χ1v) is 2.66. The minimum atomic E-state index is -0.390. The summed E-state index contributed by atoms with van der Waals surface area (Å²) in [6.07, 6.45) is 2.85. The molecule has 0 rings (SSSR count). The highest BCUT2D eigenvalue weighted by Crippen LogP contribution is 1.95. The Hall–Kier alpha value is -1.38. The largest absolute Gasteiger partial charge is 0.427 e. The molecule has 0 aliphatic heterocycles. The summed E-state index contributed by atoms with van der Waals surface area (Å²) in [6, 6.07) is 0. The van der Waals surface area contributed by atoms with Gasteiger partial charge in [-0.25, -0.2) is 0 Å². The lowest BCUT2D eigenvalue weighted by Gasteiger charge is -1.96. The van der Waals surface area contributed by atoms with Crippen LogP contribution in [0.1, 0.15) is 6.92 Å². The van der Waals surface area contributed by atoms with Crippen molar-refractivity contribution in [1.29, 1.82) is 0 Å². The van der Waals surface area contributed by atoms with Crippen molar-refractivity contribution >= 4 is 12.7 Å². The fraction of sp³-hybridized carbons (Fsp3) is 0.143. The fourth-order valence-electron chi connectivity index (χ4n) is 0.354. The predicted octanol–water partition coefficient (Wildman–Crippen LogP) is 1.28. The van der Waals surface area contributed by atoms with Gasteiger partial charge in [-0.05, 0) is 12.8 Å². The first-order valence-electron chi connectivity index (χ1n) is 2.66. The second kappa shape index (κ2) is 4.49. The molecular weight excluding hydrogens is 130 g/mol. The van der Waals surface area contributed by atoms with Crippen molar-refractivity contribution in [2.45, 2.75) is 6.92 Å². The van der Waals surface area contributed by atoms with Gasteiger partial charge in [-0.1, -0.05) is 6.58 Å². The fourth-order valence-corrected chi connectivity index (χ4v) is 0.354. The molecule has 0 saturated carbocycles. The molecule has 0 bridgehead atoms. The Labute approximate surface area is 59.7 Å². The lowest BCUT2D eigenvalue weighted by molar-refractivity contribution is -0.136. The van der Waals surface area contributed by atoms with E-state index in [1.165, 1.54) is 19.2 Å². The van der Waals surface area contributed by atoms with Crippen LogP contribution in [0.15, 0.2) is 29.6 Å². The standard InChI is InChI=1S/C7H9NO2/c1-6(4-5-8-3)10-7(2)9/h4-5H,1,3H2,2H3/b5-4-. The van der Waals surface area contributed by atoms with Gasteiger partial charge >= 0.3 is 5.97 Å². The molecule has 10 heavy (non-hydrogen) atoms. The molecule has 0 saturated heterocycles. The van der Waals surface area contributed by atoms with Crippen LogP contribution in [0.2, 0.25) is 0 Å². The number of carbonyl (C=O) groups excluding carboxylic acids is 1. The summed E-state index contributed by atoms with van der Waals surface area (Å²) in [5.41, 5.74) is 0. The van der Waals surface area contributed by atoms with E-state index in [2.05, 4.69) is 23.0 Å². The van der Waals surface area contributed by atoms with E-state index < -0.39 is 5.97 Å². The zero-order valence-corrected chi connectivity index (χ0v) is 5.83. The van der Waals surface area contributed by atoms with Crippen LogP contribution in [0, 0.1) is 0 Å². The summed E-state index contributed by atoms with van der Waals surface area (Å²) >= 11 is 0. The number of rotatable bonds is 3. The Kier molecular flexibility index (Phi) is 3.87. The Morgan fingerprint density at radius 1 is 1.70 bits per heavy atom. The zero-order valence-electron chi connectivity index (χ0n) is 5.83. The van der Waals surface area contributed by atoms with Crippen molar-refractivity contribution in [3.63, 3.8) is 0 Å². The molecule has 3 heteroatoms. The SMILES string of the molecule is C=N/C=C\C(=C)OC(C)=O. The number of esters is 1. The van der Waals surface area contributed by atoms with E-state index in [1.807, 2.05) is 0 Å². The van der Waals surface area contributed by atoms with E-state index in [4.69, 9.17) is 0 Å². The molecule has 0 aliphatic rings. The number of hydrogen-bond acceptors (Lipinski definition) is 3. The molecule has 0 fully saturated rings. The molecule has 0 aromatic rings. The summed E-state index contributed by atoms with van der Waals surface area (Å²) in [5.74, 6) is -0.126. The number of ether oxygens (including phenoxy) is 1. The van der Waals surface area contributed by atoms with Crippen LogP contribution in [0.3, 0.4) is 0 Å². The van der Waals surface area contributed by atoms with Crippen LogP contribution >= 0.6 is 0 Å². The first kappa shape index (κ1) is 8.62. The molecule has 0 atom stereocenters. The highest BCUT2D eigenvalue weighted by Gasteiger charge is 1.91. The van der Waals surface area contributed by atoms with Gasteiger partial charge in [-0.2, -0.15) is 0 Å². The molecule has 0 radical (unpaired) electrons. The van der Waals surface area contributed by atoms with Crippen molar-refractivity contribution < 1.29 is 9.53 Å². The Balaban J connectivity index is 3.75. The first-order chi connectivity index (χ1) is 4.66. The molecular formula is C7H9NO2. The molecule has 0 amide bonds. The van der Waals surface area contributed by atoms with Gasteiger partial charge in [0.2, 0.25) is 0 Å². The molecule has 0 aromatic heterocycles. The van der Waals surface area contributed by atoms with E-state index in [0.717, 1.165) is 0 Å². The quantitative estimate of drug-likeness (QED) is 0.255. The van der Waals surface area contributed by atoms with E-state index in [9.17, 15) is 4.79 Å². The summed E-state index contributed by atoms with van der Waals surface area (Å²) < 4.78 is 4.54. The summed E-state index contributed by atoms with van der Waals surface area (Å²) in [4.78, 5) is 13.7. The third kappa shape index (κ3) is 4.77. The summed E-state index contributed by atoms with van der Waals surface area (Å²) in [7, 11) is 0. The maximum Gasteiger partial charge on any atom is 0.308 e. The molecule has 0 aliphatic carbocycles. The number of nitrogens with zero attached hydrogens (tertiary/aromatic N) is 1. The van der Waals surface area contributed by atoms with Gasteiger partial charge in [-0.15, -0.1) is 0 Å². The van der Waals surface area contributed by atoms with E-state index in [0.29, 0.717) is 0 Å². The normalized spacial score (nSPS) is 9.30.